The number of nitrogens with one attached hydrogen (secondary N) is 2. The highest BCUT2D eigenvalue weighted by molar-refractivity contribution is 6.28. The van der Waals surface area contributed by atoms with E-state index < -0.39 is 11.2 Å². The average Bonchev–Trinajstić information content (AvgIpc) is 3.27. The molecule has 0 saturated heterocycles. The van der Waals surface area contributed by atoms with Crippen LogP contribution >= 0.6 is 11.6 Å². The van der Waals surface area contributed by atoms with Crippen molar-refractivity contribution in [2.45, 2.75) is 52.2 Å². The number of fused-ring (bicyclic) bond motifs is 2. The van der Waals surface area contributed by atoms with Gasteiger partial charge >= 0.3 is 11.4 Å². The fourth-order valence-electron chi connectivity index (χ4n) is 3.77. The summed E-state index contributed by atoms with van der Waals surface area (Å²) < 4.78 is 4.32. The summed E-state index contributed by atoms with van der Waals surface area (Å²) >= 11 is 5.97. The van der Waals surface area contributed by atoms with Gasteiger partial charge in [-0.1, -0.05) is 31.9 Å². The van der Waals surface area contributed by atoms with Crippen molar-refractivity contribution in [3.05, 3.63) is 60.9 Å². The van der Waals surface area contributed by atoms with Crippen molar-refractivity contribution < 1.29 is 0 Å². The van der Waals surface area contributed by atoms with Crippen LogP contribution in [0, 0.1) is 0 Å². The molecule has 0 bridgehead atoms. The Morgan fingerprint density at radius 3 is 2.47 bits per heavy atom. The van der Waals surface area contributed by atoms with Gasteiger partial charge in [-0.15, -0.1) is 0 Å². The summed E-state index contributed by atoms with van der Waals surface area (Å²) in [5.41, 5.74) is 0.992. The van der Waals surface area contributed by atoms with Crippen LogP contribution in [0.25, 0.3) is 22.2 Å². The van der Waals surface area contributed by atoms with Gasteiger partial charge in [0.05, 0.1) is 11.0 Å². The van der Waals surface area contributed by atoms with Gasteiger partial charge < -0.3 is 9.97 Å². The Morgan fingerprint density at radius 2 is 1.67 bits per heavy atom. The minimum Gasteiger partial charge on any atom is -0.323 e. The van der Waals surface area contributed by atoms with Crippen LogP contribution in [0.1, 0.15) is 32.6 Å². The number of imidazole rings is 2. The molecule has 0 spiro atoms. The van der Waals surface area contributed by atoms with E-state index in [4.69, 9.17) is 11.6 Å². The number of H-pyrrole nitrogens is 2. The molecule has 0 saturated carbocycles. The molecule has 4 rings (SSSR count). The molecule has 0 aliphatic rings. The normalized spacial score (nSPS) is 11.7. The molecule has 3 aromatic heterocycles. The number of nitrogens with zero attached hydrogens (tertiary/aromatic N) is 4. The van der Waals surface area contributed by atoms with E-state index in [-0.39, 0.29) is 28.7 Å². The number of aromatic nitrogens is 6. The summed E-state index contributed by atoms with van der Waals surface area (Å²) in [5.74, 6) is 0. The minimum atomic E-state index is -0.451. The van der Waals surface area contributed by atoms with E-state index in [1.165, 1.54) is 9.13 Å². The molecule has 10 heteroatoms. The Morgan fingerprint density at radius 1 is 0.933 bits per heavy atom. The maximum absolute atomic E-state index is 13.0. The second-order valence-corrected chi connectivity index (χ2v) is 7.63. The Labute approximate surface area is 175 Å². The first-order valence-corrected chi connectivity index (χ1v) is 10.5. The second kappa shape index (κ2) is 8.35. The molecule has 1 aromatic carbocycles. The lowest BCUT2D eigenvalue weighted by Gasteiger charge is -2.11. The first-order valence-electron chi connectivity index (χ1n) is 10.1. The Bertz CT molecular complexity index is 1370. The van der Waals surface area contributed by atoms with E-state index in [1.807, 2.05) is 24.3 Å². The molecule has 0 fully saturated rings. The Balaban J connectivity index is 1.65. The van der Waals surface area contributed by atoms with Gasteiger partial charge in [0.15, 0.2) is 11.2 Å². The molecule has 4 aromatic rings. The fraction of sp³-hybridized carbons (Fsp3) is 0.400. The van der Waals surface area contributed by atoms with E-state index >= 15 is 0 Å². The molecule has 158 valence electrons. The van der Waals surface area contributed by atoms with Gasteiger partial charge in [-0.2, -0.15) is 4.98 Å². The molecule has 0 aliphatic heterocycles. The van der Waals surface area contributed by atoms with Crippen molar-refractivity contribution in [3.63, 3.8) is 0 Å². The lowest BCUT2D eigenvalue weighted by molar-refractivity contribution is 0.502. The number of unbranched alkanes of at least 4 members (excludes halogenated alkanes) is 2. The van der Waals surface area contributed by atoms with Crippen LogP contribution in [0.2, 0.25) is 5.28 Å². The molecule has 0 aliphatic carbocycles. The molecule has 0 atom stereocenters. The number of aromatic amines is 2. The Hall–Kier alpha value is -3.07. The van der Waals surface area contributed by atoms with Crippen molar-refractivity contribution in [1.82, 2.24) is 28.7 Å². The summed E-state index contributed by atoms with van der Waals surface area (Å²) in [6, 6.07) is 7.41. The van der Waals surface area contributed by atoms with Gasteiger partial charge in [-0.25, -0.2) is 9.59 Å². The van der Waals surface area contributed by atoms with E-state index in [0.29, 0.717) is 19.5 Å². The molecule has 9 nitrogen and oxygen atoms in total. The second-order valence-electron chi connectivity index (χ2n) is 7.28. The van der Waals surface area contributed by atoms with E-state index in [0.717, 1.165) is 30.3 Å². The first-order chi connectivity index (χ1) is 14.5. The number of rotatable bonds is 8. The average molecular weight is 431 g/mol. The fourth-order valence-corrected chi connectivity index (χ4v) is 3.95. The maximum atomic E-state index is 13.0. The zero-order chi connectivity index (χ0) is 21.3. The molecular formula is C20H23ClN6O3. The summed E-state index contributed by atoms with van der Waals surface area (Å²) in [6.07, 6.45) is 3.23. The van der Waals surface area contributed by atoms with Crippen LogP contribution < -0.4 is 16.9 Å². The minimum absolute atomic E-state index is 0.0776. The van der Waals surface area contributed by atoms with Crippen LogP contribution in [0.15, 0.2) is 38.6 Å². The van der Waals surface area contributed by atoms with Gasteiger partial charge in [0, 0.05) is 19.6 Å². The predicted molar refractivity (Wildman–Crippen MR) is 116 cm³/mol. The number of halogens is 1. The molecule has 0 radical (unpaired) electrons. The summed E-state index contributed by atoms with van der Waals surface area (Å²) in [5, 5.41) is 0.0776. The third-order valence-corrected chi connectivity index (χ3v) is 5.44. The molecule has 3 heterocycles. The van der Waals surface area contributed by atoms with Crippen LogP contribution in [0.4, 0.5) is 0 Å². The molecule has 2 N–H and O–H groups in total. The van der Waals surface area contributed by atoms with E-state index in [2.05, 4.69) is 21.9 Å². The number of hydrogen-bond acceptors (Lipinski definition) is 4. The van der Waals surface area contributed by atoms with Crippen LogP contribution in [-0.2, 0) is 19.6 Å². The first kappa shape index (κ1) is 20.2. The van der Waals surface area contributed by atoms with Crippen molar-refractivity contribution in [2.75, 3.05) is 0 Å². The highest BCUT2D eigenvalue weighted by atomic mass is 35.5. The smallest absolute Gasteiger partial charge is 0.323 e. The van der Waals surface area contributed by atoms with Gasteiger partial charge in [0.2, 0.25) is 5.28 Å². The highest BCUT2D eigenvalue weighted by Gasteiger charge is 2.17. The van der Waals surface area contributed by atoms with Crippen LogP contribution in [-0.4, -0.2) is 28.7 Å². The lowest BCUT2D eigenvalue weighted by atomic mass is 10.2. The summed E-state index contributed by atoms with van der Waals surface area (Å²) in [7, 11) is 0. The van der Waals surface area contributed by atoms with Crippen molar-refractivity contribution in [3.8, 4) is 0 Å². The van der Waals surface area contributed by atoms with Crippen LogP contribution in [0.3, 0.4) is 0 Å². The lowest BCUT2D eigenvalue weighted by Crippen LogP contribution is -2.40. The van der Waals surface area contributed by atoms with Crippen molar-refractivity contribution in [2.24, 2.45) is 0 Å². The zero-order valence-corrected chi connectivity index (χ0v) is 17.4. The number of para-hydroxylation sites is 2. The number of benzene rings is 1. The monoisotopic (exact) mass is 430 g/mol. The van der Waals surface area contributed by atoms with Crippen molar-refractivity contribution in [1.29, 1.82) is 0 Å². The zero-order valence-electron chi connectivity index (χ0n) is 16.7. The van der Waals surface area contributed by atoms with Gasteiger partial charge in [-0.3, -0.25) is 18.5 Å². The van der Waals surface area contributed by atoms with Crippen molar-refractivity contribution >= 4 is 33.8 Å². The largest absolute Gasteiger partial charge is 0.332 e. The molecule has 30 heavy (non-hydrogen) atoms. The Kier molecular flexibility index (Phi) is 5.63. The van der Waals surface area contributed by atoms with Crippen LogP contribution in [0.5, 0.6) is 0 Å². The third kappa shape index (κ3) is 3.60. The predicted octanol–water partition coefficient (Wildman–Crippen LogP) is 2.46. The van der Waals surface area contributed by atoms with Gasteiger partial charge in [0.1, 0.15) is 0 Å². The molecule has 0 amide bonds. The molecule has 0 unspecified atom stereocenters. The maximum Gasteiger partial charge on any atom is 0.332 e. The highest BCUT2D eigenvalue weighted by Crippen LogP contribution is 2.12. The van der Waals surface area contributed by atoms with Gasteiger partial charge in [-0.05, 0) is 36.6 Å². The topological polar surface area (TPSA) is 110 Å². The number of hydrogen-bond donors (Lipinski definition) is 2. The van der Waals surface area contributed by atoms with Gasteiger partial charge in [0.25, 0.3) is 5.56 Å². The number of aryl methyl sites for hydroxylation is 2. The summed E-state index contributed by atoms with van der Waals surface area (Å²) in [4.78, 5) is 47.8. The van der Waals surface area contributed by atoms with E-state index in [1.54, 1.807) is 4.57 Å². The quantitative estimate of drug-likeness (QED) is 0.330. The molecular weight excluding hydrogens is 408 g/mol. The third-order valence-electron chi connectivity index (χ3n) is 5.26. The summed E-state index contributed by atoms with van der Waals surface area (Å²) in [6.45, 7) is 3.11. The van der Waals surface area contributed by atoms with E-state index in [9.17, 15) is 14.4 Å². The SMILES string of the molecule is CCCCCn1c(=O)n(CCCn2c(=O)[nH]c3ccccc32)c(=O)c2[nH]c(Cl)nc21. The standard InChI is InChI=1S/C20H23ClN6O3/c1-2-3-6-10-26-16-15(23-18(21)24-16)17(28)27(20(26)30)12-7-11-25-14-9-5-4-8-13(14)22-19(25)29/h4-5,8-9H,2-3,6-7,10-12H2,1H3,(H,22,29)(H,23,24).